The Balaban J connectivity index is 1.73. The third-order valence-electron chi connectivity index (χ3n) is 5.99. The second-order valence-corrected chi connectivity index (χ2v) is 8.20. The third-order valence-corrected chi connectivity index (χ3v) is 5.99. The topological polar surface area (TPSA) is 48.1 Å². The number of H-pyrrole nitrogens is 1. The van der Waals surface area contributed by atoms with E-state index in [0.717, 1.165) is 31.0 Å². The molecule has 1 aliphatic carbocycles. The summed E-state index contributed by atoms with van der Waals surface area (Å²) in [5.41, 5.74) is 1.12. The van der Waals surface area contributed by atoms with Crippen molar-refractivity contribution >= 4 is 22.5 Å². The van der Waals surface area contributed by atoms with Gasteiger partial charge in [-0.05, 0) is 50.1 Å². The summed E-state index contributed by atoms with van der Waals surface area (Å²) in [5.74, 6) is -15.2. The van der Waals surface area contributed by atoms with Gasteiger partial charge in [0, 0.05) is 35.4 Å². The molecule has 0 bridgehead atoms. The summed E-state index contributed by atoms with van der Waals surface area (Å²) in [6.07, 6.45) is 1.59. The first-order chi connectivity index (χ1) is 14.8. The van der Waals surface area contributed by atoms with E-state index in [0.29, 0.717) is 23.4 Å². The lowest BCUT2D eigenvalue weighted by Crippen LogP contribution is -2.57. The van der Waals surface area contributed by atoms with E-state index in [9.17, 15) is 35.5 Å². The van der Waals surface area contributed by atoms with Crippen molar-refractivity contribution in [2.75, 3.05) is 18.9 Å². The summed E-state index contributed by atoms with van der Waals surface area (Å²) in [4.78, 5) is 16.9. The maximum absolute atomic E-state index is 13.6. The molecule has 0 aliphatic heterocycles. The molecule has 1 heterocycles. The van der Waals surface area contributed by atoms with Crippen molar-refractivity contribution in [2.45, 2.75) is 62.6 Å². The van der Waals surface area contributed by atoms with Crippen molar-refractivity contribution in [3.8, 4) is 0 Å². The molecule has 1 aromatic carbocycles. The molecule has 1 aliphatic rings. The number of carbonyl (C=O) groups is 1. The Kier molecular flexibility index (Phi) is 6.78. The zero-order valence-corrected chi connectivity index (χ0v) is 17.3. The van der Waals surface area contributed by atoms with E-state index < -0.39 is 23.9 Å². The molecule has 1 aromatic heterocycles. The van der Waals surface area contributed by atoms with Crippen LogP contribution in [0.2, 0.25) is 0 Å². The van der Waals surface area contributed by atoms with E-state index in [2.05, 4.69) is 9.88 Å². The molecule has 2 aromatic rings. The minimum atomic E-state index is -6.57. The molecule has 32 heavy (non-hydrogen) atoms. The molecule has 1 fully saturated rings. The predicted octanol–water partition coefficient (Wildman–Crippen LogP) is 5.75. The molecule has 178 valence electrons. The standard InChI is InChI=1S/C21H24F7N3O/c1-31(15-5-3-2-4-6-15)10-9-13-12-29-17-8-7-14(11-16(13)17)30-18(32)19(22,23)20(24,25)21(26,27)28/h7-8,11-12,15,29H,2-6,9-10H2,1H3,(H,30,32). The van der Waals surface area contributed by atoms with Gasteiger partial charge in [0.1, 0.15) is 0 Å². The highest BCUT2D eigenvalue weighted by atomic mass is 19.4. The van der Waals surface area contributed by atoms with E-state index in [1.807, 2.05) is 7.05 Å². The molecule has 0 atom stereocenters. The van der Waals surface area contributed by atoms with E-state index in [1.165, 1.54) is 36.7 Å². The number of nitrogens with zero attached hydrogens (tertiary/aromatic N) is 1. The highest BCUT2D eigenvalue weighted by Gasteiger charge is 2.76. The Morgan fingerprint density at radius 1 is 1.09 bits per heavy atom. The number of hydrogen-bond acceptors (Lipinski definition) is 2. The number of hydrogen-bond donors (Lipinski definition) is 2. The molecule has 2 N–H and O–H groups in total. The molecule has 0 radical (unpaired) electrons. The van der Waals surface area contributed by atoms with Gasteiger partial charge in [0.25, 0.3) is 0 Å². The fourth-order valence-electron chi connectivity index (χ4n) is 3.99. The van der Waals surface area contributed by atoms with Crippen molar-refractivity contribution in [2.24, 2.45) is 0 Å². The van der Waals surface area contributed by atoms with Gasteiger partial charge in [-0.25, -0.2) is 0 Å². The Bertz CT molecular complexity index is 949. The SMILES string of the molecule is CN(CCc1c[nH]c2ccc(NC(=O)C(F)(F)C(F)(F)C(F)(F)F)cc12)C1CCCCC1. The van der Waals surface area contributed by atoms with Crippen LogP contribution < -0.4 is 5.32 Å². The second kappa shape index (κ2) is 8.92. The van der Waals surface area contributed by atoms with Crippen LogP contribution in [0.5, 0.6) is 0 Å². The first kappa shape index (κ1) is 24.3. The van der Waals surface area contributed by atoms with E-state index >= 15 is 0 Å². The first-order valence-electron chi connectivity index (χ1n) is 10.3. The molecule has 1 amide bonds. The van der Waals surface area contributed by atoms with Gasteiger partial charge in [-0.3, -0.25) is 4.79 Å². The zero-order valence-electron chi connectivity index (χ0n) is 17.3. The maximum atomic E-state index is 13.6. The van der Waals surface area contributed by atoms with Crippen molar-refractivity contribution in [3.05, 3.63) is 30.0 Å². The van der Waals surface area contributed by atoms with Gasteiger partial charge in [0.2, 0.25) is 0 Å². The van der Waals surface area contributed by atoms with Crippen LogP contribution in [-0.2, 0) is 11.2 Å². The Hall–Kier alpha value is -2.30. The van der Waals surface area contributed by atoms with Gasteiger partial charge in [-0.1, -0.05) is 19.3 Å². The molecular weight excluding hydrogens is 443 g/mol. The number of fused-ring (bicyclic) bond motifs is 1. The minimum Gasteiger partial charge on any atom is -0.361 e. The van der Waals surface area contributed by atoms with Crippen LogP contribution in [0, 0.1) is 0 Å². The predicted molar refractivity (Wildman–Crippen MR) is 106 cm³/mol. The first-order valence-corrected chi connectivity index (χ1v) is 10.3. The molecule has 0 unspecified atom stereocenters. The number of likely N-dealkylation sites (N-methyl/N-ethyl adjacent to an activating group) is 1. The van der Waals surface area contributed by atoms with E-state index in [-0.39, 0.29) is 5.69 Å². The lowest BCUT2D eigenvalue weighted by molar-refractivity contribution is -0.343. The van der Waals surface area contributed by atoms with Crippen molar-refractivity contribution < 1.29 is 35.5 Å². The number of aromatic nitrogens is 1. The van der Waals surface area contributed by atoms with Gasteiger partial charge >= 0.3 is 23.9 Å². The van der Waals surface area contributed by atoms with Crippen LogP contribution in [0.15, 0.2) is 24.4 Å². The second-order valence-electron chi connectivity index (χ2n) is 8.20. The van der Waals surface area contributed by atoms with E-state index in [4.69, 9.17) is 0 Å². The highest BCUT2D eigenvalue weighted by molar-refractivity contribution is 5.99. The van der Waals surface area contributed by atoms with Gasteiger partial charge < -0.3 is 15.2 Å². The van der Waals surface area contributed by atoms with Crippen LogP contribution in [0.25, 0.3) is 10.9 Å². The van der Waals surface area contributed by atoms with Crippen molar-refractivity contribution in [1.29, 1.82) is 0 Å². The number of nitrogens with one attached hydrogen (secondary N) is 2. The van der Waals surface area contributed by atoms with Crippen molar-refractivity contribution in [3.63, 3.8) is 0 Å². The van der Waals surface area contributed by atoms with Gasteiger partial charge in [-0.2, -0.15) is 30.7 Å². The lowest BCUT2D eigenvalue weighted by atomic mass is 9.94. The largest absolute Gasteiger partial charge is 0.460 e. The monoisotopic (exact) mass is 467 g/mol. The lowest BCUT2D eigenvalue weighted by Gasteiger charge is -2.31. The summed E-state index contributed by atoms with van der Waals surface area (Å²) in [6.45, 7) is 0.726. The molecule has 4 nitrogen and oxygen atoms in total. The number of carbonyl (C=O) groups excluding carboxylic acids is 1. The normalized spacial score (nSPS) is 16.7. The minimum absolute atomic E-state index is 0.304. The average Bonchev–Trinajstić information content (AvgIpc) is 3.14. The Morgan fingerprint density at radius 3 is 2.38 bits per heavy atom. The summed E-state index contributed by atoms with van der Waals surface area (Å²) in [6, 6.07) is 4.35. The van der Waals surface area contributed by atoms with Crippen LogP contribution in [0.3, 0.4) is 0 Å². The zero-order chi connectivity index (χ0) is 23.7. The average molecular weight is 467 g/mol. The quantitative estimate of drug-likeness (QED) is 0.510. The summed E-state index contributed by atoms with van der Waals surface area (Å²) in [7, 11) is 2.03. The fourth-order valence-corrected chi connectivity index (χ4v) is 3.99. The number of aromatic amines is 1. The molecule has 11 heteroatoms. The fraction of sp³-hybridized carbons (Fsp3) is 0.571. The van der Waals surface area contributed by atoms with Crippen LogP contribution in [-0.4, -0.2) is 53.4 Å². The van der Waals surface area contributed by atoms with Gasteiger partial charge in [0.15, 0.2) is 0 Å². The maximum Gasteiger partial charge on any atom is 0.460 e. The van der Waals surface area contributed by atoms with Gasteiger partial charge in [-0.15, -0.1) is 0 Å². The summed E-state index contributed by atoms with van der Waals surface area (Å²) in [5, 5.41) is 2.05. The van der Waals surface area contributed by atoms with Crippen molar-refractivity contribution in [1.82, 2.24) is 9.88 Å². The summed E-state index contributed by atoms with van der Waals surface area (Å²) < 4.78 is 90.4. The third kappa shape index (κ3) is 4.72. The number of alkyl halides is 7. The number of halogens is 7. The smallest absolute Gasteiger partial charge is 0.361 e. The van der Waals surface area contributed by atoms with Crippen LogP contribution in [0.4, 0.5) is 36.4 Å². The Morgan fingerprint density at radius 2 is 1.75 bits per heavy atom. The number of anilines is 1. The number of amides is 1. The number of rotatable bonds is 7. The molecular formula is C21H24F7N3O. The van der Waals surface area contributed by atoms with Crippen LogP contribution in [0.1, 0.15) is 37.7 Å². The summed E-state index contributed by atoms with van der Waals surface area (Å²) >= 11 is 0. The molecule has 3 rings (SSSR count). The Labute approximate surface area is 180 Å². The molecule has 0 saturated heterocycles. The molecule has 1 saturated carbocycles. The van der Waals surface area contributed by atoms with E-state index in [1.54, 1.807) is 6.20 Å². The molecule has 0 spiro atoms. The van der Waals surface area contributed by atoms with Gasteiger partial charge in [0.05, 0.1) is 0 Å². The highest BCUT2D eigenvalue weighted by Crippen LogP contribution is 2.47. The van der Waals surface area contributed by atoms with Crippen LogP contribution >= 0.6 is 0 Å². The number of benzene rings is 1.